The lowest BCUT2D eigenvalue weighted by atomic mass is 9.67. The zero-order valence-corrected chi connectivity index (χ0v) is 33.4. The van der Waals surface area contributed by atoms with E-state index in [-0.39, 0.29) is 0 Å². The largest absolute Gasteiger partial charge is 0.456 e. The van der Waals surface area contributed by atoms with Crippen molar-refractivity contribution < 1.29 is 4.42 Å². The van der Waals surface area contributed by atoms with Crippen LogP contribution in [0.1, 0.15) is 22.3 Å². The van der Waals surface area contributed by atoms with Gasteiger partial charge in [0.2, 0.25) is 0 Å². The molecule has 0 radical (unpaired) electrons. The Kier molecular flexibility index (Phi) is 8.11. The molecule has 0 spiro atoms. The van der Waals surface area contributed by atoms with Crippen molar-refractivity contribution in [3.05, 3.63) is 259 Å². The summed E-state index contributed by atoms with van der Waals surface area (Å²) in [4.78, 5) is 2.42. The predicted molar refractivity (Wildman–Crippen MR) is 254 cm³/mol. The van der Waals surface area contributed by atoms with Crippen molar-refractivity contribution in [3.63, 3.8) is 0 Å². The van der Waals surface area contributed by atoms with Crippen molar-refractivity contribution in [3.8, 4) is 33.4 Å². The van der Waals surface area contributed by atoms with Gasteiger partial charge in [0.05, 0.1) is 5.41 Å². The molecule has 1 aliphatic rings. The zero-order chi connectivity index (χ0) is 40.3. The van der Waals surface area contributed by atoms with E-state index < -0.39 is 5.41 Å². The topological polar surface area (TPSA) is 16.4 Å². The van der Waals surface area contributed by atoms with Crippen LogP contribution < -0.4 is 4.90 Å². The molecule has 286 valence electrons. The monoisotopic (exact) mass is 777 g/mol. The molecule has 1 aliphatic carbocycles. The smallest absolute Gasteiger partial charge is 0.136 e. The minimum absolute atomic E-state index is 0.520. The highest BCUT2D eigenvalue weighted by Crippen LogP contribution is 2.57. The molecule has 0 atom stereocenters. The van der Waals surface area contributed by atoms with Crippen LogP contribution in [0.4, 0.5) is 17.1 Å². The second-order valence-electron chi connectivity index (χ2n) is 16.0. The van der Waals surface area contributed by atoms with E-state index in [9.17, 15) is 0 Å². The fourth-order valence-electron chi connectivity index (χ4n) is 10.1. The van der Waals surface area contributed by atoms with Gasteiger partial charge in [-0.1, -0.05) is 188 Å². The second-order valence-corrected chi connectivity index (χ2v) is 16.0. The van der Waals surface area contributed by atoms with Crippen molar-refractivity contribution >= 4 is 49.8 Å². The first-order valence-electron chi connectivity index (χ1n) is 21.0. The Morgan fingerprint density at radius 3 is 1.72 bits per heavy atom. The van der Waals surface area contributed by atoms with Crippen molar-refractivity contribution in [1.82, 2.24) is 0 Å². The average Bonchev–Trinajstić information content (AvgIpc) is 3.86. The zero-order valence-electron chi connectivity index (χ0n) is 33.4. The van der Waals surface area contributed by atoms with Crippen LogP contribution >= 0.6 is 0 Å². The molecule has 0 N–H and O–H groups in total. The number of hydrogen-bond acceptors (Lipinski definition) is 2. The number of para-hydroxylation sites is 1. The van der Waals surface area contributed by atoms with Gasteiger partial charge in [-0.3, -0.25) is 0 Å². The molecule has 61 heavy (non-hydrogen) atoms. The highest BCUT2D eigenvalue weighted by Gasteiger charge is 2.46. The lowest BCUT2D eigenvalue weighted by Gasteiger charge is -2.35. The van der Waals surface area contributed by atoms with E-state index in [1.807, 2.05) is 6.07 Å². The molecule has 2 nitrogen and oxygen atoms in total. The number of fused-ring (bicyclic) bond motifs is 7. The molecule has 0 bridgehead atoms. The van der Waals surface area contributed by atoms with Crippen LogP contribution in [0, 0.1) is 0 Å². The van der Waals surface area contributed by atoms with Gasteiger partial charge in [0.25, 0.3) is 0 Å². The summed E-state index contributed by atoms with van der Waals surface area (Å²) in [6.07, 6.45) is 0. The third-order valence-corrected chi connectivity index (χ3v) is 12.7. The summed E-state index contributed by atoms with van der Waals surface area (Å²) in [5, 5.41) is 4.74. The number of nitrogens with zero attached hydrogens (tertiary/aromatic N) is 1. The molecule has 11 aromatic rings. The van der Waals surface area contributed by atoms with E-state index in [0.717, 1.165) is 50.1 Å². The summed E-state index contributed by atoms with van der Waals surface area (Å²) >= 11 is 0. The van der Waals surface area contributed by atoms with Crippen LogP contribution in [0.3, 0.4) is 0 Å². The van der Waals surface area contributed by atoms with E-state index in [2.05, 4.69) is 235 Å². The molecule has 1 aromatic heterocycles. The molecular weight excluding hydrogens is 739 g/mol. The first kappa shape index (κ1) is 35.0. The summed E-state index contributed by atoms with van der Waals surface area (Å²) in [5.74, 6) is 0. The van der Waals surface area contributed by atoms with Gasteiger partial charge in [0.1, 0.15) is 11.2 Å². The Bertz CT molecular complexity index is 3370. The van der Waals surface area contributed by atoms with Gasteiger partial charge in [-0.15, -0.1) is 0 Å². The Labute approximate surface area is 355 Å². The standard InChI is InChI=1S/C59H39NO/c1-3-19-43(20-4-1)59(44-21-5-2-6-22-44)54-29-11-9-25-51(54)52-37-36-47(39-55(52)59)60(45-34-32-41(33-35-45)49-27-14-17-40-16-7-8-24-48(40)49)46-23-13-18-42(38-46)50-28-15-31-57-58(50)53-26-10-12-30-56(53)61-57/h1-39H. The molecule has 0 unspecified atom stereocenters. The number of anilines is 3. The summed E-state index contributed by atoms with van der Waals surface area (Å²) in [7, 11) is 0. The fourth-order valence-corrected chi connectivity index (χ4v) is 10.1. The van der Waals surface area contributed by atoms with Crippen molar-refractivity contribution in [2.75, 3.05) is 4.90 Å². The molecule has 10 aromatic carbocycles. The third kappa shape index (κ3) is 5.50. The van der Waals surface area contributed by atoms with E-state index >= 15 is 0 Å². The number of hydrogen-bond donors (Lipinski definition) is 0. The summed E-state index contributed by atoms with van der Waals surface area (Å²) in [6, 6.07) is 86.1. The molecule has 0 saturated heterocycles. The quantitative estimate of drug-likeness (QED) is 0.160. The first-order chi connectivity index (χ1) is 30.3. The highest BCUT2D eigenvalue weighted by atomic mass is 16.3. The third-order valence-electron chi connectivity index (χ3n) is 12.7. The Hall–Kier alpha value is -7.94. The normalized spacial score (nSPS) is 12.7. The van der Waals surface area contributed by atoms with Gasteiger partial charge in [0.15, 0.2) is 0 Å². The lowest BCUT2D eigenvalue weighted by molar-refractivity contribution is 0.669. The van der Waals surface area contributed by atoms with Gasteiger partial charge < -0.3 is 9.32 Å². The van der Waals surface area contributed by atoms with Crippen molar-refractivity contribution in [2.24, 2.45) is 0 Å². The molecule has 0 amide bonds. The Balaban J connectivity index is 1.08. The van der Waals surface area contributed by atoms with Gasteiger partial charge in [-0.05, 0) is 115 Å². The maximum Gasteiger partial charge on any atom is 0.136 e. The maximum atomic E-state index is 6.36. The molecule has 2 heteroatoms. The van der Waals surface area contributed by atoms with Crippen LogP contribution in [-0.2, 0) is 5.41 Å². The Morgan fingerprint density at radius 2 is 0.902 bits per heavy atom. The molecular formula is C59H39NO. The molecule has 0 saturated carbocycles. The van der Waals surface area contributed by atoms with Crippen molar-refractivity contribution in [2.45, 2.75) is 5.41 Å². The fraction of sp³-hybridized carbons (Fsp3) is 0.0169. The van der Waals surface area contributed by atoms with Gasteiger partial charge >= 0.3 is 0 Å². The van der Waals surface area contributed by atoms with Crippen LogP contribution in [0.25, 0.3) is 66.1 Å². The molecule has 0 aliphatic heterocycles. The lowest BCUT2D eigenvalue weighted by Crippen LogP contribution is -2.28. The number of furan rings is 1. The number of benzene rings is 10. The molecule has 0 fully saturated rings. The van der Waals surface area contributed by atoms with E-state index in [0.29, 0.717) is 0 Å². The molecule has 1 heterocycles. The highest BCUT2D eigenvalue weighted by molar-refractivity contribution is 6.12. The maximum absolute atomic E-state index is 6.36. The van der Waals surface area contributed by atoms with Gasteiger partial charge in [-0.2, -0.15) is 0 Å². The van der Waals surface area contributed by atoms with Gasteiger partial charge in [0, 0.05) is 27.8 Å². The van der Waals surface area contributed by atoms with E-state index in [1.165, 1.54) is 55.3 Å². The van der Waals surface area contributed by atoms with Crippen LogP contribution in [-0.4, -0.2) is 0 Å². The van der Waals surface area contributed by atoms with Crippen LogP contribution in [0.15, 0.2) is 241 Å². The van der Waals surface area contributed by atoms with Crippen LogP contribution in [0.5, 0.6) is 0 Å². The SMILES string of the molecule is c1ccc(C2(c3ccccc3)c3ccccc3-c3ccc(N(c4ccc(-c5cccc6ccccc56)cc4)c4cccc(-c5cccc6oc7ccccc7c56)c4)cc32)cc1. The summed E-state index contributed by atoms with van der Waals surface area (Å²) < 4.78 is 6.36. The molecule has 12 rings (SSSR count). The van der Waals surface area contributed by atoms with Crippen LogP contribution in [0.2, 0.25) is 0 Å². The average molecular weight is 778 g/mol. The first-order valence-corrected chi connectivity index (χ1v) is 21.0. The van der Waals surface area contributed by atoms with Gasteiger partial charge in [-0.25, -0.2) is 0 Å². The predicted octanol–water partition coefficient (Wildman–Crippen LogP) is 15.9. The summed E-state index contributed by atoms with van der Waals surface area (Å²) in [5.41, 5.74) is 16.8. The van der Waals surface area contributed by atoms with E-state index in [4.69, 9.17) is 4.42 Å². The Morgan fingerprint density at radius 1 is 0.328 bits per heavy atom. The second kappa shape index (κ2) is 14.1. The minimum atomic E-state index is -0.520. The number of rotatable bonds is 7. The summed E-state index contributed by atoms with van der Waals surface area (Å²) in [6.45, 7) is 0. The van der Waals surface area contributed by atoms with Crippen molar-refractivity contribution in [1.29, 1.82) is 0 Å². The minimum Gasteiger partial charge on any atom is -0.456 e. The van der Waals surface area contributed by atoms with E-state index in [1.54, 1.807) is 0 Å².